The fourth-order valence-electron chi connectivity index (χ4n) is 2.42. The van der Waals surface area contributed by atoms with E-state index in [1.165, 1.54) is 21.0 Å². The van der Waals surface area contributed by atoms with Gasteiger partial charge in [-0.25, -0.2) is 4.39 Å². The largest absolute Gasteiger partial charge is 0.312 e. The zero-order chi connectivity index (χ0) is 14.8. The Morgan fingerprint density at radius 1 is 1.19 bits per heavy atom. The standard InChI is InChI=1S/C17H15ClFNS/c1-20-15(9-11-6-7-14(19)13(18)8-11)17-10-12-4-2-3-5-16(12)21-17/h2-8,10,15,20H,9H2,1H3. The monoisotopic (exact) mass is 319 g/mol. The molecule has 2 aromatic carbocycles. The predicted molar refractivity (Wildman–Crippen MR) is 88.7 cm³/mol. The van der Waals surface area contributed by atoms with E-state index in [-0.39, 0.29) is 16.9 Å². The summed E-state index contributed by atoms with van der Waals surface area (Å²) in [6.45, 7) is 0. The first-order valence-electron chi connectivity index (χ1n) is 6.77. The predicted octanol–water partition coefficient (Wildman–Crippen LogP) is 5.20. The quantitative estimate of drug-likeness (QED) is 0.697. The molecule has 0 spiro atoms. The van der Waals surface area contributed by atoms with Crippen LogP contribution >= 0.6 is 22.9 Å². The summed E-state index contributed by atoms with van der Waals surface area (Å²) in [5.41, 5.74) is 1.03. The van der Waals surface area contributed by atoms with Gasteiger partial charge in [0.15, 0.2) is 0 Å². The van der Waals surface area contributed by atoms with E-state index in [0.29, 0.717) is 0 Å². The molecular formula is C17H15ClFNS. The summed E-state index contributed by atoms with van der Waals surface area (Å²) in [4.78, 5) is 1.28. The number of fused-ring (bicyclic) bond motifs is 1. The molecule has 0 fully saturated rings. The van der Waals surface area contributed by atoms with Crippen LogP contribution in [-0.2, 0) is 6.42 Å². The van der Waals surface area contributed by atoms with Gasteiger partial charge in [0.05, 0.1) is 5.02 Å². The fourth-order valence-corrected chi connectivity index (χ4v) is 3.80. The Hall–Kier alpha value is -1.42. The summed E-state index contributed by atoms with van der Waals surface area (Å²) >= 11 is 7.64. The van der Waals surface area contributed by atoms with Gasteiger partial charge in [-0.2, -0.15) is 0 Å². The third-order valence-electron chi connectivity index (χ3n) is 3.56. The van der Waals surface area contributed by atoms with Crippen molar-refractivity contribution in [2.45, 2.75) is 12.5 Å². The molecule has 4 heteroatoms. The Labute approximate surface area is 132 Å². The Balaban J connectivity index is 1.88. The van der Waals surface area contributed by atoms with Crippen LogP contribution in [0.4, 0.5) is 4.39 Å². The topological polar surface area (TPSA) is 12.0 Å². The highest BCUT2D eigenvalue weighted by atomic mass is 35.5. The van der Waals surface area contributed by atoms with E-state index < -0.39 is 0 Å². The molecule has 0 bridgehead atoms. The van der Waals surface area contributed by atoms with Gasteiger partial charge in [0.1, 0.15) is 5.82 Å². The van der Waals surface area contributed by atoms with E-state index in [9.17, 15) is 4.39 Å². The minimum absolute atomic E-state index is 0.179. The van der Waals surface area contributed by atoms with Crippen LogP contribution in [0.25, 0.3) is 10.1 Å². The second-order valence-electron chi connectivity index (χ2n) is 4.98. The summed E-state index contributed by atoms with van der Waals surface area (Å²) in [6, 6.07) is 15.7. The number of hydrogen-bond donors (Lipinski definition) is 1. The van der Waals surface area contributed by atoms with Gasteiger partial charge in [0.2, 0.25) is 0 Å². The van der Waals surface area contributed by atoms with Crippen molar-refractivity contribution >= 4 is 33.0 Å². The maximum Gasteiger partial charge on any atom is 0.141 e. The van der Waals surface area contributed by atoms with Gasteiger partial charge in [0, 0.05) is 15.6 Å². The highest BCUT2D eigenvalue weighted by molar-refractivity contribution is 7.19. The minimum atomic E-state index is -0.372. The van der Waals surface area contributed by atoms with Crippen molar-refractivity contribution in [1.29, 1.82) is 0 Å². The molecular weight excluding hydrogens is 305 g/mol. The van der Waals surface area contributed by atoms with Crippen LogP contribution < -0.4 is 5.32 Å². The molecule has 0 amide bonds. The average Bonchev–Trinajstić information content (AvgIpc) is 2.92. The van der Waals surface area contributed by atoms with Crippen molar-refractivity contribution in [3.05, 3.63) is 69.8 Å². The molecule has 0 saturated heterocycles. The SMILES string of the molecule is CNC(Cc1ccc(F)c(Cl)c1)c1cc2ccccc2s1. The van der Waals surface area contributed by atoms with Crippen molar-refractivity contribution in [3.63, 3.8) is 0 Å². The molecule has 21 heavy (non-hydrogen) atoms. The maximum absolute atomic E-state index is 13.2. The Morgan fingerprint density at radius 2 is 2.00 bits per heavy atom. The average molecular weight is 320 g/mol. The van der Waals surface area contributed by atoms with Gasteiger partial charge in [-0.1, -0.05) is 35.9 Å². The van der Waals surface area contributed by atoms with Crippen molar-refractivity contribution in [2.75, 3.05) is 7.05 Å². The van der Waals surface area contributed by atoms with Crippen molar-refractivity contribution in [2.24, 2.45) is 0 Å². The first-order chi connectivity index (χ1) is 10.2. The molecule has 1 N–H and O–H groups in total. The second kappa shape index (κ2) is 6.14. The number of thiophene rings is 1. The zero-order valence-electron chi connectivity index (χ0n) is 11.6. The number of likely N-dealkylation sites (N-methyl/N-ethyl adjacent to an activating group) is 1. The summed E-state index contributed by atoms with van der Waals surface area (Å²) in [5, 5.41) is 4.77. The summed E-state index contributed by atoms with van der Waals surface area (Å²) < 4.78 is 14.5. The molecule has 108 valence electrons. The molecule has 0 aliphatic heterocycles. The molecule has 1 unspecified atom stereocenters. The van der Waals surface area contributed by atoms with E-state index in [4.69, 9.17) is 11.6 Å². The third kappa shape index (κ3) is 3.10. The molecule has 3 aromatic rings. The van der Waals surface area contributed by atoms with Crippen LogP contribution in [0.2, 0.25) is 5.02 Å². The van der Waals surface area contributed by atoms with Gasteiger partial charge in [-0.3, -0.25) is 0 Å². The van der Waals surface area contributed by atoms with Crippen LogP contribution in [-0.4, -0.2) is 7.05 Å². The van der Waals surface area contributed by atoms with Gasteiger partial charge in [0.25, 0.3) is 0 Å². The third-order valence-corrected chi connectivity index (χ3v) is 5.08. The number of hydrogen-bond acceptors (Lipinski definition) is 2. The van der Waals surface area contributed by atoms with Crippen LogP contribution in [0, 0.1) is 5.82 Å². The van der Waals surface area contributed by atoms with E-state index in [1.54, 1.807) is 23.5 Å². The molecule has 1 heterocycles. The Bertz CT molecular complexity index is 735. The molecule has 0 aliphatic carbocycles. The number of benzene rings is 2. The van der Waals surface area contributed by atoms with E-state index in [1.807, 2.05) is 13.1 Å². The van der Waals surface area contributed by atoms with Crippen LogP contribution in [0.1, 0.15) is 16.5 Å². The smallest absolute Gasteiger partial charge is 0.141 e. The summed E-state index contributed by atoms with van der Waals surface area (Å²) in [7, 11) is 1.94. The molecule has 1 nitrogen and oxygen atoms in total. The normalized spacial score (nSPS) is 12.7. The summed E-state index contributed by atoms with van der Waals surface area (Å²) in [6.07, 6.45) is 0.781. The fraction of sp³-hybridized carbons (Fsp3) is 0.176. The number of rotatable bonds is 4. The van der Waals surface area contributed by atoms with E-state index in [0.717, 1.165) is 12.0 Å². The van der Waals surface area contributed by atoms with Crippen LogP contribution in [0.3, 0.4) is 0 Å². The van der Waals surface area contributed by atoms with Crippen molar-refractivity contribution < 1.29 is 4.39 Å². The van der Waals surface area contributed by atoms with Gasteiger partial charge in [-0.05, 0) is 48.7 Å². The molecule has 0 saturated carbocycles. The zero-order valence-corrected chi connectivity index (χ0v) is 13.1. The summed E-state index contributed by atoms with van der Waals surface area (Å²) in [5.74, 6) is -0.372. The lowest BCUT2D eigenvalue weighted by Gasteiger charge is -2.14. The van der Waals surface area contributed by atoms with E-state index >= 15 is 0 Å². The van der Waals surface area contributed by atoms with Gasteiger partial charge in [-0.15, -0.1) is 11.3 Å². The molecule has 3 rings (SSSR count). The highest BCUT2D eigenvalue weighted by Crippen LogP contribution is 2.31. The van der Waals surface area contributed by atoms with Crippen molar-refractivity contribution in [1.82, 2.24) is 5.32 Å². The maximum atomic E-state index is 13.2. The van der Waals surface area contributed by atoms with E-state index in [2.05, 4.69) is 29.6 Å². The highest BCUT2D eigenvalue weighted by Gasteiger charge is 2.14. The number of halogens is 2. The van der Waals surface area contributed by atoms with Crippen LogP contribution in [0.15, 0.2) is 48.5 Å². The number of nitrogens with one attached hydrogen (secondary N) is 1. The molecule has 1 aromatic heterocycles. The van der Waals surface area contributed by atoms with Gasteiger partial charge < -0.3 is 5.32 Å². The first-order valence-corrected chi connectivity index (χ1v) is 7.96. The Kier molecular flexibility index (Phi) is 4.24. The molecule has 1 atom stereocenters. The van der Waals surface area contributed by atoms with Gasteiger partial charge >= 0.3 is 0 Å². The lowest BCUT2D eigenvalue weighted by molar-refractivity contribution is 0.598. The van der Waals surface area contributed by atoms with Crippen LogP contribution in [0.5, 0.6) is 0 Å². The minimum Gasteiger partial charge on any atom is -0.312 e. The lowest BCUT2D eigenvalue weighted by atomic mass is 10.0. The molecule has 0 radical (unpaired) electrons. The first kappa shape index (κ1) is 14.5. The molecule has 0 aliphatic rings. The van der Waals surface area contributed by atoms with Crippen molar-refractivity contribution in [3.8, 4) is 0 Å². The lowest BCUT2D eigenvalue weighted by Crippen LogP contribution is -2.17. The second-order valence-corrected chi connectivity index (χ2v) is 6.50. The Morgan fingerprint density at radius 3 is 2.71 bits per heavy atom.